The van der Waals surface area contributed by atoms with Crippen molar-refractivity contribution in [2.24, 2.45) is 0 Å². The van der Waals surface area contributed by atoms with Crippen molar-refractivity contribution in [3.63, 3.8) is 0 Å². The summed E-state index contributed by atoms with van der Waals surface area (Å²) in [6, 6.07) is 89.7. The van der Waals surface area contributed by atoms with Gasteiger partial charge in [-0.1, -0.05) is 131 Å². The second-order valence-electron chi connectivity index (χ2n) is 25.8. The number of hydrogen-bond donors (Lipinski definition) is 3. The van der Waals surface area contributed by atoms with Crippen LogP contribution in [0.4, 0.5) is 52.7 Å². The standard InChI is InChI=1S/C16H8F2N.C12H8F2NO.C12H9FNO.2C11H6F2N.3C11H7FN.C5H8O2.7Ir/c17-16(18)12-6-2-1-5-11(12)15-14-10(8-9-19-15)4-3-7-13(14)16;13-9-1-2-10(11(14)6-9)12-5-8(7-16)3-4-15-12;13-11-3-1-10(2-4-11)12-7-9(8-15)5-6-14-12;2*12-8-4-5-9(10(13)7-8)11-3-1-2-6-14-11;3*12-10-6-4-9(5-7-10)11-3-1-2-8-13-11;1-4(6)3-5(2)7;;;;;;;/h1-4,6-9H;1,3-6,16H,7H2;1,3-7,15H,8H2;2*1-4,6-7H;3*1-4,6-8H;3,6H,1-2H3;;;;;;;/q8*-1;;;;;;;;. The minimum Gasteiger partial charge on any atom is -0.512 e. The third kappa shape index (κ3) is 35.4. The fourth-order valence-corrected chi connectivity index (χ4v) is 11.2. The molecule has 0 atom stereocenters. The Morgan fingerprint density at radius 2 is 0.649 bits per heavy atom. The number of allylic oxidation sites excluding steroid dienone is 2. The van der Waals surface area contributed by atoms with E-state index in [0.29, 0.717) is 50.5 Å². The van der Waals surface area contributed by atoms with Gasteiger partial charge in [0, 0.05) is 260 Å². The van der Waals surface area contributed by atoms with Gasteiger partial charge in [-0.2, -0.15) is 0 Å². The van der Waals surface area contributed by atoms with Gasteiger partial charge in [-0.15, -0.1) is 186 Å². The van der Waals surface area contributed by atoms with Gasteiger partial charge in [-0.25, -0.2) is 8.78 Å². The maximum absolute atomic E-state index is 14.6. The molecule has 0 spiro atoms. The Morgan fingerprint density at radius 3 is 0.977 bits per heavy atom. The number of pyridine rings is 8. The first-order chi connectivity index (χ1) is 59.9. The number of carbonyl (C=O) groups excluding carboxylic acids is 1. The van der Waals surface area contributed by atoms with Crippen LogP contribution in [-0.2, 0) is 165 Å². The van der Waals surface area contributed by atoms with Crippen LogP contribution in [0.25, 0.3) is 101 Å². The zero-order valence-corrected chi connectivity index (χ0v) is 84.5. The number of halogens is 12. The Hall–Kier alpha value is -10.7. The fraction of sp³-hybridized carbons (Fsp3) is 0.0500. The first kappa shape index (κ1) is 114. The maximum atomic E-state index is 14.6. The van der Waals surface area contributed by atoms with E-state index in [2.05, 4.69) is 88.4 Å². The molecule has 0 amide bonds. The van der Waals surface area contributed by atoms with Crippen molar-refractivity contribution >= 4 is 16.6 Å². The summed E-state index contributed by atoms with van der Waals surface area (Å²) >= 11 is 0. The molecule has 3 N–H and O–H groups in total. The molecular weight excluding hydrogens is 2950 g/mol. The number of fused-ring (bicyclic) bond motifs is 2. The van der Waals surface area contributed by atoms with Crippen molar-refractivity contribution in [1.29, 1.82) is 0 Å². The van der Waals surface area contributed by atoms with Crippen LogP contribution in [0.15, 0.2) is 328 Å². The summed E-state index contributed by atoms with van der Waals surface area (Å²) in [6.07, 6.45) is 14.1. The zero-order chi connectivity index (χ0) is 88.3. The van der Waals surface area contributed by atoms with Crippen molar-refractivity contribution in [2.45, 2.75) is 33.0 Å². The van der Waals surface area contributed by atoms with Gasteiger partial charge in [-0.3, -0.25) is 48.7 Å². The van der Waals surface area contributed by atoms with E-state index < -0.39 is 40.8 Å². The van der Waals surface area contributed by atoms with Crippen molar-refractivity contribution in [1.82, 2.24) is 39.9 Å². The molecule has 0 saturated heterocycles. The van der Waals surface area contributed by atoms with Crippen LogP contribution in [0.3, 0.4) is 0 Å². The Balaban J connectivity index is 0.000000380. The second kappa shape index (κ2) is 58.9. The average molecular weight is 3020 g/mol. The summed E-state index contributed by atoms with van der Waals surface area (Å²) in [5.41, 5.74) is 10.3. The molecule has 8 aromatic heterocycles. The molecule has 17 aromatic rings. The van der Waals surface area contributed by atoms with Gasteiger partial charge in [0.25, 0.3) is 5.92 Å². The molecule has 131 heavy (non-hydrogen) atoms. The largest absolute Gasteiger partial charge is 0.512 e. The van der Waals surface area contributed by atoms with Crippen LogP contribution in [-0.4, -0.2) is 61.0 Å². The van der Waals surface area contributed by atoms with Gasteiger partial charge in [0.15, 0.2) is 5.78 Å². The van der Waals surface area contributed by atoms with E-state index in [0.717, 1.165) is 81.1 Å². The molecule has 18 rings (SSSR count). The Labute approximate surface area is 842 Å². The number of aliphatic hydroxyl groups is 3. The van der Waals surface area contributed by atoms with Gasteiger partial charge in [0.1, 0.15) is 0 Å². The minimum atomic E-state index is -3.00. The molecule has 685 valence electrons. The van der Waals surface area contributed by atoms with Crippen LogP contribution in [0.5, 0.6) is 0 Å². The number of hydrogen-bond acceptors (Lipinski definition) is 12. The van der Waals surface area contributed by atoms with Crippen molar-refractivity contribution in [2.75, 3.05) is 0 Å². The van der Waals surface area contributed by atoms with Gasteiger partial charge in [0.05, 0.1) is 19.0 Å². The molecule has 0 fully saturated rings. The Kier molecular flexibility index (Phi) is 51.5. The van der Waals surface area contributed by atoms with E-state index in [1.165, 1.54) is 92.9 Å². The molecular formula is C100H66F12Ir7N8O4-8. The first-order valence-electron chi connectivity index (χ1n) is 37.1. The van der Waals surface area contributed by atoms with E-state index in [1.807, 2.05) is 60.7 Å². The van der Waals surface area contributed by atoms with Crippen LogP contribution < -0.4 is 0 Å². The van der Waals surface area contributed by atoms with Gasteiger partial charge in [0.2, 0.25) is 0 Å². The first-order valence-corrected chi connectivity index (χ1v) is 37.1. The number of benzene rings is 9. The summed E-state index contributed by atoms with van der Waals surface area (Å²) < 4.78 is 157. The number of ketones is 1. The third-order valence-corrected chi connectivity index (χ3v) is 16.9. The molecule has 8 heterocycles. The number of rotatable bonds is 10. The predicted molar refractivity (Wildman–Crippen MR) is 447 cm³/mol. The van der Waals surface area contributed by atoms with E-state index in [4.69, 9.17) is 15.3 Å². The zero-order valence-electron chi connectivity index (χ0n) is 67.7. The Morgan fingerprint density at radius 1 is 0.321 bits per heavy atom. The molecule has 7 radical (unpaired) electrons. The van der Waals surface area contributed by atoms with Crippen molar-refractivity contribution < 1.29 is 214 Å². The van der Waals surface area contributed by atoms with Crippen LogP contribution in [0, 0.1) is 107 Å². The molecule has 0 saturated carbocycles. The summed E-state index contributed by atoms with van der Waals surface area (Å²) in [7, 11) is 0. The van der Waals surface area contributed by atoms with Gasteiger partial charge in [-0.05, 0) is 130 Å². The minimum absolute atomic E-state index is 0. The van der Waals surface area contributed by atoms with Gasteiger partial charge < -0.3 is 55.2 Å². The van der Waals surface area contributed by atoms with Crippen molar-refractivity contribution in [3.8, 4) is 90.1 Å². The molecule has 0 bridgehead atoms. The molecule has 1 aliphatic rings. The van der Waals surface area contributed by atoms with E-state index >= 15 is 0 Å². The number of aliphatic hydroxyl groups excluding tert-OH is 3. The molecule has 0 aliphatic heterocycles. The SMILES string of the molecule is CC(=O)C=C(C)O.FC1(F)c2ccc[c-]c2-c2nccc3cccc1c23.Fc1c[c-]c(-c2ccccn2)c(F)c1.Fc1c[c-]c(-c2ccccn2)c(F)c1.Fc1c[c-]c(-c2ccccn2)cc1.Fc1c[c-]c(-c2ccccn2)cc1.Fc1c[c-]c(-c2ccccn2)cc1.OCc1ccnc(-c2[c-]cc(F)cc2)c1.OCc1ccnc(-c2[c-]cc(F)cc2F)c1.[Ir].[Ir].[Ir].[Ir].[Ir].[Ir].[Ir]. The normalized spacial score (nSPS) is 10.4. The quantitative estimate of drug-likeness (QED) is 0.0511. The second-order valence-corrected chi connectivity index (χ2v) is 25.8. The third-order valence-electron chi connectivity index (χ3n) is 16.9. The summed E-state index contributed by atoms with van der Waals surface area (Å²) in [5, 5.41) is 27.6. The number of aromatic nitrogens is 8. The van der Waals surface area contributed by atoms with Gasteiger partial charge >= 0.3 is 0 Å². The van der Waals surface area contributed by atoms with E-state index in [-0.39, 0.29) is 217 Å². The molecule has 9 aromatic carbocycles. The van der Waals surface area contributed by atoms with E-state index in [9.17, 15) is 57.5 Å². The van der Waals surface area contributed by atoms with Crippen LogP contribution in [0.1, 0.15) is 36.1 Å². The fourth-order valence-electron chi connectivity index (χ4n) is 11.2. The molecule has 0 unspecified atom stereocenters. The molecule has 31 heteroatoms. The number of nitrogens with zero attached hydrogens (tertiary/aromatic N) is 8. The van der Waals surface area contributed by atoms with Crippen LogP contribution in [0.2, 0.25) is 0 Å². The molecule has 12 nitrogen and oxygen atoms in total. The summed E-state index contributed by atoms with van der Waals surface area (Å²) in [5.74, 6) is -8.19. The number of carbonyl (C=O) groups is 1. The Bertz CT molecular complexity index is 6040. The van der Waals surface area contributed by atoms with E-state index in [1.54, 1.807) is 147 Å². The topological polar surface area (TPSA) is 181 Å². The average Bonchev–Trinajstić information content (AvgIpc) is 0.721. The predicted octanol–water partition coefficient (Wildman–Crippen LogP) is 23.4. The molecule has 1 aliphatic carbocycles. The number of alkyl halides is 2. The summed E-state index contributed by atoms with van der Waals surface area (Å²) in [6.45, 7) is 2.66. The maximum Gasteiger partial charge on any atom is 0.266 e. The summed E-state index contributed by atoms with van der Waals surface area (Å²) in [4.78, 5) is 42.6. The monoisotopic (exact) mass is 3020 g/mol. The smallest absolute Gasteiger partial charge is 0.266 e. The van der Waals surface area contributed by atoms with Crippen LogP contribution >= 0.6 is 0 Å². The van der Waals surface area contributed by atoms with Crippen molar-refractivity contribution in [3.05, 3.63) is 457 Å².